The Kier molecular flexibility index (Phi) is 5.80. The second-order valence-electron chi connectivity index (χ2n) is 6.06. The second kappa shape index (κ2) is 6.90. The average molecular weight is 264 g/mol. The van der Waals surface area contributed by atoms with Crippen LogP contribution in [0.1, 0.15) is 58.8 Å². The van der Waals surface area contributed by atoms with Gasteiger partial charge in [0.05, 0.1) is 11.8 Å². The van der Waals surface area contributed by atoms with Crippen molar-refractivity contribution in [1.82, 2.24) is 10.3 Å². The van der Waals surface area contributed by atoms with Gasteiger partial charge in [0.2, 0.25) is 0 Å². The maximum Gasteiger partial charge on any atom is 0.142 e. The molecule has 1 heterocycles. The van der Waals surface area contributed by atoms with E-state index in [-0.39, 0.29) is 11.6 Å². The minimum Gasteiger partial charge on any atom is -0.488 e. The third-order valence-electron chi connectivity index (χ3n) is 3.06. The van der Waals surface area contributed by atoms with Gasteiger partial charge in [-0.05, 0) is 52.7 Å². The van der Waals surface area contributed by atoms with Gasteiger partial charge in [0.15, 0.2) is 0 Å². The first-order valence-electron chi connectivity index (χ1n) is 7.24. The van der Waals surface area contributed by atoms with Crippen molar-refractivity contribution in [2.75, 3.05) is 0 Å². The lowest BCUT2D eigenvalue weighted by atomic mass is 10.1. The number of nitrogens with one attached hydrogen (secondary N) is 1. The van der Waals surface area contributed by atoms with Crippen LogP contribution in [-0.4, -0.2) is 16.6 Å². The molecule has 0 bridgehead atoms. The minimum absolute atomic E-state index is 0.0810. The highest BCUT2D eigenvalue weighted by Gasteiger charge is 2.14. The van der Waals surface area contributed by atoms with Crippen molar-refractivity contribution in [1.29, 1.82) is 0 Å². The zero-order valence-electron chi connectivity index (χ0n) is 13.2. The van der Waals surface area contributed by atoms with Crippen molar-refractivity contribution in [2.45, 2.75) is 72.6 Å². The molecule has 0 amide bonds. The van der Waals surface area contributed by atoms with Crippen LogP contribution in [0.4, 0.5) is 0 Å². The summed E-state index contributed by atoms with van der Waals surface area (Å²) in [6.45, 7) is 13.5. The zero-order chi connectivity index (χ0) is 14.5. The van der Waals surface area contributed by atoms with Gasteiger partial charge in [-0.3, -0.25) is 4.98 Å². The molecule has 1 rings (SSSR count). The summed E-state index contributed by atoms with van der Waals surface area (Å²) >= 11 is 0. The molecule has 3 nitrogen and oxygen atoms in total. The number of hydrogen-bond donors (Lipinski definition) is 1. The smallest absolute Gasteiger partial charge is 0.142 e. The summed E-state index contributed by atoms with van der Waals surface area (Å²) in [7, 11) is 0. The zero-order valence-corrected chi connectivity index (χ0v) is 13.2. The SMILES string of the molecule is CCC(CC)Oc1ccc(C)nc1CNC(C)(C)C. The normalized spacial score (nSPS) is 11.9. The predicted molar refractivity (Wildman–Crippen MR) is 80.6 cm³/mol. The van der Waals surface area contributed by atoms with Gasteiger partial charge in [-0.2, -0.15) is 0 Å². The van der Waals surface area contributed by atoms with E-state index < -0.39 is 0 Å². The van der Waals surface area contributed by atoms with Crippen LogP contribution >= 0.6 is 0 Å². The van der Waals surface area contributed by atoms with E-state index in [1.807, 2.05) is 19.1 Å². The second-order valence-corrected chi connectivity index (χ2v) is 6.06. The first-order chi connectivity index (χ1) is 8.85. The molecule has 0 unspecified atom stereocenters. The van der Waals surface area contributed by atoms with Crippen LogP contribution in [0.3, 0.4) is 0 Å². The molecule has 0 spiro atoms. The maximum atomic E-state index is 6.06. The fourth-order valence-electron chi connectivity index (χ4n) is 1.82. The van der Waals surface area contributed by atoms with Crippen molar-refractivity contribution >= 4 is 0 Å². The van der Waals surface area contributed by atoms with Crippen LogP contribution in [0.5, 0.6) is 5.75 Å². The summed E-state index contributed by atoms with van der Waals surface area (Å²) in [5, 5.41) is 3.47. The standard InChI is InChI=1S/C16H28N2O/c1-7-13(8-2)19-15-10-9-12(3)18-14(15)11-17-16(4,5)6/h9-10,13,17H,7-8,11H2,1-6H3. The van der Waals surface area contributed by atoms with E-state index in [0.29, 0.717) is 0 Å². The molecule has 1 aromatic rings. The number of aryl methyl sites for hydroxylation is 1. The largest absolute Gasteiger partial charge is 0.488 e. The molecule has 0 aliphatic rings. The third-order valence-corrected chi connectivity index (χ3v) is 3.06. The summed E-state index contributed by atoms with van der Waals surface area (Å²) in [6, 6.07) is 4.05. The summed E-state index contributed by atoms with van der Waals surface area (Å²) in [4.78, 5) is 4.61. The highest BCUT2D eigenvalue weighted by molar-refractivity contribution is 5.29. The Morgan fingerprint density at radius 3 is 2.37 bits per heavy atom. The van der Waals surface area contributed by atoms with Crippen LogP contribution in [-0.2, 0) is 6.54 Å². The number of aromatic nitrogens is 1. The Balaban J connectivity index is 2.85. The van der Waals surface area contributed by atoms with Crippen LogP contribution < -0.4 is 10.1 Å². The van der Waals surface area contributed by atoms with Gasteiger partial charge in [0.1, 0.15) is 5.75 Å². The van der Waals surface area contributed by atoms with Gasteiger partial charge in [-0.25, -0.2) is 0 Å². The third kappa shape index (κ3) is 5.60. The van der Waals surface area contributed by atoms with Crippen LogP contribution in [0.15, 0.2) is 12.1 Å². The lowest BCUT2D eigenvalue weighted by Crippen LogP contribution is -2.35. The molecule has 19 heavy (non-hydrogen) atoms. The quantitative estimate of drug-likeness (QED) is 0.847. The summed E-state index contributed by atoms with van der Waals surface area (Å²) in [5.41, 5.74) is 2.11. The molecule has 0 aliphatic carbocycles. The van der Waals surface area contributed by atoms with Crippen LogP contribution in [0.2, 0.25) is 0 Å². The molecule has 0 atom stereocenters. The molecular formula is C16H28N2O. The number of nitrogens with zero attached hydrogens (tertiary/aromatic N) is 1. The van der Waals surface area contributed by atoms with Crippen molar-refractivity contribution in [3.05, 3.63) is 23.5 Å². The van der Waals surface area contributed by atoms with Gasteiger partial charge in [0.25, 0.3) is 0 Å². The van der Waals surface area contributed by atoms with Crippen molar-refractivity contribution in [2.24, 2.45) is 0 Å². The number of hydrogen-bond acceptors (Lipinski definition) is 3. The van der Waals surface area contributed by atoms with Crippen LogP contribution in [0.25, 0.3) is 0 Å². The highest BCUT2D eigenvalue weighted by atomic mass is 16.5. The molecule has 1 N–H and O–H groups in total. The van der Waals surface area contributed by atoms with E-state index in [0.717, 1.165) is 36.5 Å². The van der Waals surface area contributed by atoms with Crippen molar-refractivity contribution in [3.63, 3.8) is 0 Å². The van der Waals surface area contributed by atoms with E-state index >= 15 is 0 Å². The summed E-state index contributed by atoms with van der Waals surface area (Å²) in [6.07, 6.45) is 2.32. The maximum absolute atomic E-state index is 6.06. The van der Waals surface area contributed by atoms with Gasteiger partial charge >= 0.3 is 0 Å². The molecule has 0 aliphatic heterocycles. The highest BCUT2D eigenvalue weighted by Crippen LogP contribution is 2.21. The first kappa shape index (κ1) is 16.0. The Bertz CT molecular complexity index is 392. The molecule has 0 aromatic carbocycles. The molecule has 1 aromatic heterocycles. The lowest BCUT2D eigenvalue weighted by molar-refractivity contribution is 0.189. The molecule has 0 radical (unpaired) electrons. The van der Waals surface area contributed by atoms with Crippen molar-refractivity contribution < 1.29 is 4.74 Å². The first-order valence-corrected chi connectivity index (χ1v) is 7.24. The van der Waals surface area contributed by atoms with Gasteiger partial charge in [-0.15, -0.1) is 0 Å². The molecule has 0 saturated heterocycles. The Morgan fingerprint density at radius 1 is 1.21 bits per heavy atom. The lowest BCUT2D eigenvalue weighted by Gasteiger charge is -2.23. The van der Waals surface area contributed by atoms with E-state index in [1.165, 1.54) is 0 Å². The van der Waals surface area contributed by atoms with Gasteiger partial charge in [0, 0.05) is 17.8 Å². The molecular weight excluding hydrogens is 236 g/mol. The van der Waals surface area contributed by atoms with E-state index in [4.69, 9.17) is 4.74 Å². The fraction of sp³-hybridized carbons (Fsp3) is 0.688. The fourth-order valence-corrected chi connectivity index (χ4v) is 1.82. The molecule has 108 valence electrons. The molecule has 0 fully saturated rings. The summed E-state index contributed by atoms with van der Waals surface area (Å²) < 4.78 is 6.06. The van der Waals surface area contributed by atoms with E-state index in [2.05, 4.69) is 44.9 Å². The average Bonchev–Trinajstić information content (AvgIpc) is 2.34. The minimum atomic E-state index is 0.0810. The monoisotopic (exact) mass is 264 g/mol. The Morgan fingerprint density at radius 2 is 1.84 bits per heavy atom. The van der Waals surface area contributed by atoms with E-state index in [9.17, 15) is 0 Å². The van der Waals surface area contributed by atoms with Crippen LogP contribution in [0, 0.1) is 6.92 Å². The molecule has 0 saturated carbocycles. The Hall–Kier alpha value is -1.09. The van der Waals surface area contributed by atoms with Gasteiger partial charge < -0.3 is 10.1 Å². The van der Waals surface area contributed by atoms with Crippen molar-refractivity contribution in [3.8, 4) is 5.75 Å². The van der Waals surface area contributed by atoms with E-state index in [1.54, 1.807) is 0 Å². The number of rotatable bonds is 6. The molecule has 3 heteroatoms. The number of ether oxygens (including phenoxy) is 1. The van der Waals surface area contributed by atoms with Gasteiger partial charge in [-0.1, -0.05) is 13.8 Å². The Labute approximate surface area is 117 Å². The number of pyridine rings is 1. The topological polar surface area (TPSA) is 34.1 Å². The predicted octanol–water partition coefficient (Wildman–Crippen LogP) is 3.85. The summed E-state index contributed by atoms with van der Waals surface area (Å²) in [5.74, 6) is 0.913.